The van der Waals surface area contributed by atoms with Gasteiger partial charge in [-0.15, -0.1) is 0 Å². The summed E-state index contributed by atoms with van der Waals surface area (Å²) in [5.41, 5.74) is 3.19. The molecule has 2 heteroatoms. The predicted molar refractivity (Wildman–Crippen MR) is 65.8 cm³/mol. The van der Waals surface area contributed by atoms with Gasteiger partial charge in [0, 0.05) is 0 Å². The molecule has 0 saturated heterocycles. The minimum absolute atomic E-state index is 0.0191. The Balaban J connectivity index is 1.77. The van der Waals surface area contributed by atoms with Crippen LogP contribution in [0.2, 0.25) is 0 Å². The van der Waals surface area contributed by atoms with Gasteiger partial charge >= 0.3 is 5.97 Å². The molecule has 17 heavy (non-hydrogen) atoms. The standard InChI is InChI=1S/C15H18O2/c1-2-17-14(16)10-15-8-7-11-5-3-4-6-12(11)13(15)9-15/h3-6,13H,2,7-10H2,1H3/t13-,15+/m0/s1. The number of aryl methyl sites for hydroxylation is 1. The zero-order chi connectivity index (χ0) is 11.9. The van der Waals surface area contributed by atoms with Gasteiger partial charge in [-0.3, -0.25) is 4.79 Å². The largest absolute Gasteiger partial charge is 0.466 e. The van der Waals surface area contributed by atoms with E-state index < -0.39 is 0 Å². The molecule has 0 spiro atoms. The number of rotatable bonds is 3. The molecule has 0 aromatic heterocycles. The van der Waals surface area contributed by atoms with Crippen molar-refractivity contribution in [3.63, 3.8) is 0 Å². The van der Waals surface area contributed by atoms with E-state index in [0.717, 1.165) is 12.8 Å². The van der Waals surface area contributed by atoms with Gasteiger partial charge in [0.1, 0.15) is 0 Å². The van der Waals surface area contributed by atoms with E-state index in [1.165, 1.54) is 17.5 Å². The zero-order valence-electron chi connectivity index (χ0n) is 10.2. The maximum absolute atomic E-state index is 11.6. The van der Waals surface area contributed by atoms with Crippen LogP contribution in [-0.2, 0) is 16.0 Å². The number of ether oxygens (including phenoxy) is 1. The van der Waals surface area contributed by atoms with Crippen molar-refractivity contribution in [2.75, 3.05) is 6.61 Å². The van der Waals surface area contributed by atoms with Crippen LogP contribution in [0.25, 0.3) is 0 Å². The fourth-order valence-corrected chi connectivity index (χ4v) is 3.33. The molecular weight excluding hydrogens is 212 g/mol. The topological polar surface area (TPSA) is 26.3 Å². The number of fused-ring (bicyclic) bond motifs is 3. The van der Waals surface area contributed by atoms with E-state index in [1.807, 2.05) is 6.92 Å². The van der Waals surface area contributed by atoms with Gasteiger partial charge in [0.25, 0.3) is 0 Å². The monoisotopic (exact) mass is 230 g/mol. The van der Waals surface area contributed by atoms with Crippen molar-refractivity contribution >= 4 is 5.97 Å². The fraction of sp³-hybridized carbons (Fsp3) is 0.533. The van der Waals surface area contributed by atoms with E-state index in [4.69, 9.17) is 4.74 Å². The zero-order valence-corrected chi connectivity index (χ0v) is 10.2. The van der Waals surface area contributed by atoms with Crippen molar-refractivity contribution in [1.29, 1.82) is 0 Å². The Morgan fingerprint density at radius 3 is 3.12 bits per heavy atom. The number of carbonyl (C=O) groups excluding carboxylic acids is 1. The summed E-state index contributed by atoms with van der Waals surface area (Å²) in [5, 5.41) is 0. The number of hydrogen-bond acceptors (Lipinski definition) is 2. The summed E-state index contributed by atoms with van der Waals surface area (Å²) in [4.78, 5) is 11.6. The van der Waals surface area contributed by atoms with Gasteiger partial charge in [-0.2, -0.15) is 0 Å². The molecule has 2 aliphatic carbocycles. The molecule has 2 nitrogen and oxygen atoms in total. The van der Waals surface area contributed by atoms with Crippen molar-refractivity contribution in [2.45, 2.75) is 38.5 Å². The molecule has 1 saturated carbocycles. The lowest BCUT2D eigenvalue weighted by atomic mass is 9.82. The maximum Gasteiger partial charge on any atom is 0.306 e. The van der Waals surface area contributed by atoms with Gasteiger partial charge in [0.05, 0.1) is 13.0 Å². The smallest absolute Gasteiger partial charge is 0.306 e. The summed E-state index contributed by atoms with van der Waals surface area (Å²) < 4.78 is 5.09. The van der Waals surface area contributed by atoms with Gasteiger partial charge in [-0.1, -0.05) is 24.3 Å². The molecule has 1 aromatic carbocycles. The number of esters is 1. The van der Waals surface area contributed by atoms with Crippen LogP contribution in [0.5, 0.6) is 0 Å². The molecule has 0 aliphatic heterocycles. The van der Waals surface area contributed by atoms with Crippen molar-refractivity contribution in [1.82, 2.24) is 0 Å². The highest BCUT2D eigenvalue weighted by atomic mass is 16.5. The summed E-state index contributed by atoms with van der Waals surface area (Å²) in [6, 6.07) is 8.67. The van der Waals surface area contributed by atoms with Crippen LogP contribution in [0, 0.1) is 5.41 Å². The molecule has 0 amide bonds. The fourth-order valence-electron chi connectivity index (χ4n) is 3.33. The number of carbonyl (C=O) groups is 1. The van der Waals surface area contributed by atoms with E-state index in [2.05, 4.69) is 24.3 Å². The first-order chi connectivity index (χ1) is 8.25. The van der Waals surface area contributed by atoms with E-state index in [0.29, 0.717) is 18.9 Å². The molecule has 0 heterocycles. The van der Waals surface area contributed by atoms with Crippen molar-refractivity contribution in [3.05, 3.63) is 35.4 Å². The molecule has 90 valence electrons. The van der Waals surface area contributed by atoms with Crippen LogP contribution >= 0.6 is 0 Å². The minimum Gasteiger partial charge on any atom is -0.466 e. The third-order valence-corrected chi connectivity index (χ3v) is 4.31. The highest BCUT2D eigenvalue weighted by molar-refractivity contribution is 5.71. The van der Waals surface area contributed by atoms with Crippen LogP contribution in [0.15, 0.2) is 24.3 Å². The average molecular weight is 230 g/mol. The average Bonchev–Trinajstić information content (AvgIpc) is 3.04. The second-order valence-corrected chi connectivity index (χ2v) is 5.30. The Labute approximate surface area is 102 Å². The Hall–Kier alpha value is -1.31. The maximum atomic E-state index is 11.6. The first-order valence-corrected chi connectivity index (χ1v) is 6.48. The Kier molecular flexibility index (Phi) is 2.46. The second-order valence-electron chi connectivity index (χ2n) is 5.30. The SMILES string of the molecule is CCOC(=O)C[C@]12CCc3ccccc3[C@@H]1C2. The lowest BCUT2D eigenvalue weighted by Crippen LogP contribution is -2.18. The van der Waals surface area contributed by atoms with E-state index in [9.17, 15) is 4.79 Å². The molecule has 3 rings (SSSR count). The second kappa shape index (κ2) is 3.86. The molecule has 1 fully saturated rings. The van der Waals surface area contributed by atoms with Gasteiger partial charge in [0.15, 0.2) is 0 Å². The van der Waals surface area contributed by atoms with Crippen LogP contribution in [0.3, 0.4) is 0 Å². The predicted octanol–water partition coefficient (Wildman–Crippen LogP) is 3.06. The van der Waals surface area contributed by atoms with Gasteiger partial charge in [-0.25, -0.2) is 0 Å². The first kappa shape index (κ1) is 10.8. The van der Waals surface area contributed by atoms with Gasteiger partial charge in [-0.05, 0) is 48.6 Å². The summed E-state index contributed by atoms with van der Waals surface area (Å²) in [7, 11) is 0. The summed E-state index contributed by atoms with van der Waals surface area (Å²) >= 11 is 0. The molecule has 0 N–H and O–H groups in total. The van der Waals surface area contributed by atoms with E-state index >= 15 is 0 Å². The molecule has 0 bridgehead atoms. The van der Waals surface area contributed by atoms with Crippen LogP contribution < -0.4 is 0 Å². The summed E-state index contributed by atoms with van der Waals surface area (Å²) in [6.07, 6.45) is 4.04. The molecule has 2 atom stereocenters. The van der Waals surface area contributed by atoms with Crippen molar-refractivity contribution < 1.29 is 9.53 Å². The Bertz CT molecular complexity index is 452. The Morgan fingerprint density at radius 1 is 1.47 bits per heavy atom. The first-order valence-electron chi connectivity index (χ1n) is 6.48. The van der Waals surface area contributed by atoms with E-state index in [-0.39, 0.29) is 11.4 Å². The van der Waals surface area contributed by atoms with Crippen molar-refractivity contribution in [2.24, 2.45) is 5.41 Å². The van der Waals surface area contributed by atoms with Crippen LogP contribution in [-0.4, -0.2) is 12.6 Å². The lowest BCUT2D eigenvalue weighted by Gasteiger charge is -2.23. The molecule has 1 aromatic rings. The molecular formula is C15H18O2. The molecule has 0 radical (unpaired) electrons. The normalized spacial score (nSPS) is 29.1. The third kappa shape index (κ3) is 1.76. The van der Waals surface area contributed by atoms with Crippen LogP contribution in [0.1, 0.15) is 43.2 Å². The van der Waals surface area contributed by atoms with Gasteiger partial charge in [0.2, 0.25) is 0 Å². The quantitative estimate of drug-likeness (QED) is 0.746. The van der Waals surface area contributed by atoms with Crippen molar-refractivity contribution in [3.8, 4) is 0 Å². The molecule has 0 unspecified atom stereocenters. The summed E-state index contributed by atoms with van der Waals surface area (Å²) in [6.45, 7) is 2.37. The van der Waals surface area contributed by atoms with Gasteiger partial charge < -0.3 is 4.74 Å². The Morgan fingerprint density at radius 2 is 2.29 bits per heavy atom. The number of benzene rings is 1. The highest BCUT2D eigenvalue weighted by Crippen LogP contribution is 2.67. The van der Waals surface area contributed by atoms with E-state index in [1.54, 1.807) is 0 Å². The number of hydrogen-bond donors (Lipinski definition) is 0. The molecule has 2 aliphatic rings. The summed E-state index contributed by atoms with van der Waals surface area (Å²) in [5.74, 6) is 0.589. The highest BCUT2D eigenvalue weighted by Gasteiger charge is 2.57. The third-order valence-electron chi connectivity index (χ3n) is 4.31. The minimum atomic E-state index is -0.0191. The van der Waals surface area contributed by atoms with Crippen LogP contribution in [0.4, 0.5) is 0 Å². The lowest BCUT2D eigenvalue weighted by molar-refractivity contribution is -0.144.